The van der Waals surface area contributed by atoms with Crippen molar-refractivity contribution in [3.8, 4) is 0 Å². The van der Waals surface area contributed by atoms with Crippen molar-refractivity contribution < 1.29 is 9.59 Å². The van der Waals surface area contributed by atoms with E-state index in [1.807, 2.05) is 23.6 Å². The van der Waals surface area contributed by atoms with Crippen LogP contribution < -0.4 is 10.9 Å². The topological polar surface area (TPSA) is 95.2 Å². The number of hydrogen-bond donors (Lipinski definition) is 2. The summed E-state index contributed by atoms with van der Waals surface area (Å²) < 4.78 is 0. The molecule has 0 aliphatic carbocycles. The summed E-state index contributed by atoms with van der Waals surface area (Å²) in [5.41, 5.74) is 1.59. The Morgan fingerprint density at radius 1 is 1.15 bits per heavy atom. The number of thiazole rings is 1. The van der Waals surface area contributed by atoms with Gasteiger partial charge in [0.15, 0.2) is 5.13 Å². The Balaban J connectivity index is 1.36. The molecule has 2 amide bonds. The van der Waals surface area contributed by atoms with E-state index in [-0.39, 0.29) is 23.4 Å². The van der Waals surface area contributed by atoms with Gasteiger partial charge in [0, 0.05) is 28.0 Å². The minimum Gasteiger partial charge on any atom is -0.330 e. The molecule has 1 aliphatic rings. The average Bonchev–Trinajstić information content (AvgIpc) is 3.48. The maximum atomic E-state index is 13.3. The van der Waals surface area contributed by atoms with Gasteiger partial charge in [-0.2, -0.15) is 0 Å². The van der Waals surface area contributed by atoms with E-state index in [9.17, 15) is 14.4 Å². The summed E-state index contributed by atoms with van der Waals surface area (Å²) in [4.78, 5) is 47.4. The lowest BCUT2D eigenvalue weighted by atomic mass is 10.1. The lowest BCUT2D eigenvalue weighted by molar-refractivity contribution is 0.0731. The van der Waals surface area contributed by atoms with Gasteiger partial charge in [-0.05, 0) is 54.6 Å². The summed E-state index contributed by atoms with van der Waals surface area (Å²) in [6, 6.07) is 15.4. The second-order valence-corrected chi connectivity index (χ2v) is 9.09. The smallest absolute Gasteiger partial charge is 0.261 e. The first-order valence-electron chi connectivity index (χ1n) is 10.4. The molecule has 2 aromatic carbocycles. The summed E-state index contributed by atoms with van der Waals surface area (Å²) in [6.45, 7) is 0.541. The van der Waals surface area contributed by atoms with Crippen molar-refractivity contribution in [3.63, 3.8) is 0 Å². The fourth-order valence-corrected chi connectivity index (χ4v) is 4.92. The zero-order chi connectivity index (χ0) is 22.9. The molecule has 0 radical (unpaired) electrons. The molecule has 1 fully saturated rings. The summed E-state index contributed by atoms with van der Waals surface area (Å²) in [5, 5.41) is 6.45. The van der Waals surface area contributed by atoms with E-state index < -0.39 is 5.56 Å². The number of carbonyl (C=O) groups is 2. The molecule has 2 aromatic heterocycles. The maximum absolute atomic E-state index is 13.3. The number of benzene rings is 2. The fourth-order valence-electron chi connectivity index (χ4n) is 4.05. The summed E-state index contributed by atoms with van der Waals surface area (Å²) in [6.07, 6.45) is 1.55. The minimum absolute atomic E-state index is 0.118. The molecule has 2 N–H and O–H groups in total. The lowest BCUT2D eigenvalue weighted by Gasteiger charge is -2.23. The van der Waals surface area contributed by atoms with Crippen LogP contribution in [0.2, 0.25) is 5.02 Å². The Bertz CT molecular complexity index is 1410. The summed E-state index contributed by atoms with van der Waals surface area (Å²) in [5.74, 6) is -0.598. The van der Waals surface area contributed by atoms with Gasteiger partial charge in [-0.15, -0.1) is 11.3 Å². The van der Waals surface area contributed by atoms with E-state index >= 15 is 0 Å². The number of para-hydroxylation sites is 1. The number of H-pyrrole nitrogens is 1. The number of anilines is 1. The van der Waals surface area contributed by atoms with Gasteiger partial charge in [-0.25, -0.2) is 4.98 Å². The third kappa shape index (κ3) is 4.27. The molecule has 3 heterocycles. The van der Waals surface area contributed by atoms with Crippen molar-refractivity contribution in [3.05, 3.63) is 92.2 Å². The highest BCUT2D eigenvalue weighted by Crippen LogP contribution is 2.34. The molecule has 1 saturated heterocycles. The van der Waals surface area contributed by atoms with Crippen LogP contribution >= 0.6 is 22.9 Å². The van der Waals surface area contributed by atoms with Crippen molar-refractivity contribution in [1.29, 1.82) is 0 Å². The molecular weight excluding hydrogens is 460 g/mol. The fraction of sp³-hybridized carbons (Fsp3) is 0.167. The van der Waals surface area contributed by atoms with E-state index in [1.54, 1.807) is 41.3 Å². The van der Waals surface area contributed by atoms with E-state index in [2.05, 4.69) is 15.3 Å². The van der Waals surface area contributed by atoms with E-state index in [0.29, 0.717) is 33.5 Å². The molecule has 0 unspecified atom stereocenters. The van der Waals surface area contributed by atoms with E-state index in [1.165, 1.54) is 11.3 Å². The number of likely N-dealkylation sites (tertiary alicyclic amines) is 1. The van der Waals surface area contributed by atoms with Crippen molar-refractivity contribution in [2.24, 2.45) is 0 Å². The summed E-state index contributed by atoms with van der Waals surface area (Å²) in [7, 11) is 0. The first-order chi connectivity index (χ1) is 16.0. The maximum Gasteiger partial charge on any atom is 0.261 e. The number of aromatic amines is 1. The number of nitrogens with one attached hydrogen (secondary N) is 2. The third-order valence-corrected chi connectivity index (χ3v) is 6.72. The predicted octanol–water partition coefficient (Wildman–Crippen LogP) is 4.87. The number of rotatable bonds is 4. The molecule has 4 aromatic rings. The predicted molar refractivity (Wildman–Crippen MR) is 129 cm³/mol. The normalized spacial score (nSPS) is 15.7. The molecule has 166 valence electrons. The zero-order valence-corrected chi connectivity index (χ0v) is 18.9. The standard InChI is InChI=1S/C24H19ClN4O3S/c25-16-9-7-14(8-10-16)21(30)28-24-27-19(13-33-24)20-6-3-11-29(20)23(32)17-12-15-4-1-2-5-18(15)26-22(17)31/h1-2,4-5,7-10,12-13,20H,3,6,11H2,(H,26,31)(H,27,28,30)/t20-/m1/s1. The molecule has 5 rings (SSSR count). The highest BCUT2D eigenvalue weighted by atomic mass is 35.5. The van der Waals surface area contributed by atoms with E-state index in [0.717, 1.165) is 18.2 Å². The van der Waals surface area contributed by atoms with Gasteiger partial charge in [0.25, 0.3) is 17.4 Å². The van der Waals surface area contributed by atoms with Crippen LogP contribution in [-0.2, 0) is 0 Å². The van der Waals surface area contributed by atoms with Crippen molar-refractivity contribution in [1.82, 2.24) is 14.9 Å². The monoisotopic (exact) mass is 478 g/mol. The van der Waals surface area contributed by atoms with Crippen molar-refractivity contribution in [2.75, 3.05) is 11.9 Å². The minimum atomic E-state index is -0.404. The highest BCUT2D eigenvalue weighted by molar-refractivity contribution is 7.14. The molecule has 9 heteroatoms. The number of pyridine rings is 1. The molecule has 1 atom stereocenters. The first-order valence-corrected chi connectivity index (χ1v) is 11.7. The SMILES string of the molecule is O=C(Nc1nc([C@H]2CCCN2C(=O)c2cc3ccccc3[nH]c2=O)cs1)c1ccc(Cl)cc1. The zero-order valence-electron chi connectivity index (χ0n) is 17.4. The Kier molecular flexibility index (Phi) is 5.70. The lowest BCUT2D eigenvalue weighted by Crippen LogP contribution is -2.34. The molecule has 1 aliphatic heterocycles. The molecule has 0 saturated carbocycles. The van der Waals surface area contributed by atoms with Gasteiger partial charge >= 0.3 is 0 Å². The van der Waals surface area contributed by atoms with Crippen LogP contribution in [0.5, 0.6) is 0 Å². The van der Waals surface area contributed by atoms with Crippen LogP contribution in [0.25, 0.3) is 10.9 Å². The second kappa shape index (κ2) is 8.80. The number of amides is 2. The number of aromatic nitrogens is 2. The van der Waals surface area contributed by atoms with Crippen LogP contribution in [0.1, 0.15) is 45.3 Å². The molecule has 0 bridgehead atoms. The van der Waals surface area contributed by atoms with Crippen LogP contribution in [0.3, 0.4) is 0 Å². The Morgan fingerprint density at radius 2 is 1.94 bits per heavy atom. The molecule has 7 nitrogen and oxygen atoms in total. The van der Waals surface area contributed by atoms with Gasteiger partial charge in [-0.1, -0.05) is 29.8 Å². The van der Waals surface area contributed by atoms with Crippen LogP contribution in [-0.4, -0.2) is 33.2 Å². The molecule has 33 heavy (non-hydrogen) atoms. The van der Waals surface area contributed by atoms with Gasteiger partial charge in [0.1, 0.15) is 5.56 Å². The van der Waals surface area contributed by atoms with Crippen LogP contribution in [0.15, 0.2) is 64.8 Å². The third-order valence-electron chi connectivity index (χ3n) is 5.69. The quantitative estimate of drug-likeness (QED) is 0.437. The van der Waals surface area contributed by atoms with Crippen LogP contribution in [0, 0.1) is 0 Å². The van der Waals surface area contributed by atoms with Gasteiger partial charge < -0.3 is 9.88 Å². The first kappa shape index (κ1) is 21.4. The molecule has 0 spiro atoms. The van der Waals surface area contributed by atoms with Crippen molar-refractivity contribution in [2.45, 2.75) is 18.9 Å². The molecular formula is C24H19ClN4O3S. The van der Waals surface area contributed by atoms with Gasteiger partial charge in [0.05, 0.1) is 11.7 Å². The number of nitrogens with zero attached hydrogens (tertiary/aromatic N) is 2. The van der Waals surface area contributed by atoms with Crippen molar-refractivity contribution >= 4 is 50.8 Å². The second-order valence-electron chi connectivity index (χ2n) is 7.79. The number of halogens is 1. The number of carbonyl (C=O) groups excluding carboxylic acids is 2. The number of fused-ring (bicyclic) bond motifs is 1. The highest BCUT2D eigenvalue weighted by Gasteiger charge is 2.33. The Morgan fingerprint density at radius 3 is 2.76 bits per heavy atom. The van der Waals surface area contributed by atoms with Gasteiger partial charge in [-0.3, -0.25) is 19.7 Å². The summed E-state index contributed by atoms with van der Waals surface area (Å²) >= 11 is 7.18. The van der Waals surface area contributed by atoms with Crippen LogP contribution in [0.4, 0.5) is 5.13 Å². The average molecular weight is 479 g/mol. The van der Waals surface area contributed by atoms with Gasteiger partial charge in [0.2, 0.25) is 0 Å². The van der Waals surface area contributed by atoms with E-state index in [4.69, 9.17) is 11.6 Å². The number of hydrogen-bond acceptors (Lipinski definition) is 5. The Hall–Kier alpha value is -3.49. The Labute approximate surface area is 198 Å². The largest absolute Gasteiger partial charge is 0.330 e.